The van der Waals surface area contributed by atoms with Crippen molar-refractivity contribution in [1.82, 2.24) is 10.3 Å². The predicted molar refractivity (Wildman–Crippen MR) is 67.7 cm³/mol. The molecule has 1 fully saturated rings. The molecule has 0 bridgehead atoms. The number of amides is 1. The zero-order valence-electron chi connectivity index (χ0n) is 10.0. The van der Waals surface area contributed by atoms with Gasteiger partial charge >= 0.3 is 0 Å². The van der Waals surface area contributed by atoms with Crippen molar-refractivity contribution in [2.75, 3.05) is 24.2 Å². The minimum Gasteiger partial charge on any atom is -0.397 e. The Hall–Kier alpha value is -1.78. The van der Waals surface area contributed by atoms with Crippen LogP contribution in [0.3, 0.4) is 0 Å². The Balaban J connectivity index is 2.24. The van der Waals surface area contributed by atoms with Gasteiger partial charge in [-0.05, 0) is 25.3 Å². The van der Waals surface area contributed by atoms with E-state index in [1.807, 2.05) is 6.07 Å². The second kappa shape index (κ2) is 5.03. The lowest BCUT2D eigenvalue weighted by Crippen LogP contribution is -2.48. The molecule has 3 N–H and O–H groups in total. The standard InChI is InChI=1S/C12H18N4O/c1-14-12(17)11-4-2-3-5-16(11)10-6-9(13)7-15-8-10/h6-8,11H,2-5,13H2,1H3,(H,14,17). The first-order valence-corrected chi connectivity index (χ1v) is 5.91. The van der Waals surface area contributed by atoms with E-state index in [0.717, 1.165) is 31.5 Å². The van der Waals surface area contributed by atoms with Crippen molar-refractivity contribution in [3.8, 4) is 0 Å². The van der Waals surface area contributed by atoms with Gasteiger partial charge in [0, 0.05) is 19.8 Å². The number of anilines is 2. The molecule has 2 heterocycles. The molecule has 1 atom stereocenters. The lowest BCUT2D eigenvalue weighted by molar-refractivity contribution is -0.122. The van der Waals surface area contributed by atoms with E-state index >= 15 is 0 Å². The van der Waals surface area contributed by atoms with Gasteiger partial charge in [-0.2, -0.15) is 0 Å². The zero-order chi connectivity index (χ0) is 12.3. The van der Waals surface area contributed by atoms with Crippen molar-refractivity contribution in [1.29, 1.82) is 0 Å². The Bertz CT molecular complexity index is 407. The van der Waals surface area contributed by atoms with Gasteiger partial charge in [0.25, 0.3) is 0 Å². The van der Waals surface area contributed by atoms with Crippen molar-refractivity contribution in [3.63, 3.8) is 0 Å². The van der Waals surface area contributed by atoms with E-state index in [9.17, 15) is 4.79 Å². The second-order valence-corrected chi connectivity index (χ2v) is 4.30. The topological polar surface area (TPSA) is 71.2 Å². The lowest BCUT2D eigenvalue weighted by Gasteiger charge is -2.36. The van der Waals surface area contributed by atoms with Crippen molar-refractivity contribution >= 4 is 17.3 Å². The summed E-state index contributed by atoms with van der Waals surface area (Å²) in [6, 6.07) is 1.77. The van der Waals surface area contributed by atoms with Crippen LogP contribution in [0.15, 0.2) is 18.5 Å². The summed E-state index contributed by atoms with van der Waals surface area (Å²) in [5.74, 6) is 0.0622. The van der Waals surface area contributed by atoms with Gasteiger partial charge in [-0.25, -0.2) is 0 Å². The first-order chi connectivity index (χ1) is 8.22. The molecule has 0 radical (unpaired) electrons. The van der Waals surface area contributed by atoms with Crippen LogP contribution in [-0.4, -0.2) is 30.5 Å². The number of pyridine rings is 1. The molecule has 92 valence electrons. The fourth-order valence-corrected chi connectivity index (χ4v) is 2.28. The van der Waals surface area contributed by atoms with Gasteiger partial charge in [-0.3, -0.25) is 9.78 Å². The summed E-state index contributed by atoms with van der Waals surface area (Å²) in [5, 5.41) is 2.72. The number of nitrogen functional groups attached to an aromatic ring is 1. The molecule has 17 heavy (non-hydrogen) atoms. The number of piperidine rings is 1. The molecule has 1 amide bonds. The second-order valence-electron chi connectivity index (χ2n) is 4.30. The number of carbonyl (C=O) groups excluding carboxylic acids is 1. The molecule has 1 aromatic rings. The molecule has 0 spiro atoms. The smallest absolute Gasteiger partial charge is 0.242 e. The highest BCUT2D eigenvalue weighted by Crippen LogP contribution is 2.25. The number of hydrogen-bond donors (Lipinski definition) is 2. The van der Waals surface area contributed by atoms with E-state index in [0.29, 0.717) is 5.69 Å². The molecule has 1 unspecified atom stereocenters. The van der Waals surface area contributed by atoms with Crippen LogP contribution >= 0.6 is 0 Å². The molecule has 1 saturated heterocycles. The summed E-state index contributed by atoms with van der Waals surface area (Å²) in [6.45, 7) is 0.878. The highest BCUT2D eigenvalue weighted by molar-refractivity contribution is 5.85. The van der Waals surface area contributed by atoms with Gasteiger partial charge in [0.2, 0.25) is 5.91 Å². The molecular weight excluding hydrogens is 216 g/mol. The van der Waals surface area contributed by atoms with Crippen LogP contribution in [0.1, 0.15) is 19.3 Å². The van der Waals surface area contributed by atoms with Crippen molar-refractivity contribution < 1.29 is 4.79 Å². The van der Waals surface area contributed by atoms with E-state index < -0.39 is 0 Å². The number of nitrogens with one attached hydrogen (secondary N) is 1. The largest absolute Gasteiger partial charge is 0.397 e. The molecule has 5 nitrogen and oxygen atoms in total. The average Bonchev–Trinajstić information content (AvgIpc) is 2.38. The summed E-state index contributed by atoms with van der Waals surface area (Å²) in [7, 11) is 1.67. The summed E-state index contributed by atoms with van der Waals surface area (Å²) in [6.07, 6.45) is 6.45. The minimum absolute atomic E-state index is 0.0622. The van der Waals surface area contributed by atoms with Crippen LogP contribution < -0.4 is 16.0 Å². The van der Waals surface area contributed by atoms with Gasteiger partial charge in [-0.15, -0.1) is 0 Å². The summed E-state index contributed by atoms with van der Waals surface area (Å²) < 4.78 is 0. The predicted octanol–water partition coefficient (Wildman–Crippen LogP) is 0.769. The highest BCUT2D eigenvalue weighted by Gasteiger charge is 2.28. The monoisotopic (exact) mass is 234 g/mol. The van der Waals surface area contributed by atoms with Gasteiger partial charge in [0.05, 0.1) is 17.6 Å². The van der Waals surface area contributed by atoms with E-state index in [1.165, 1.54) is 0 Å². The maximum Gasteiger partial charge on any atom is 0.242 e. The number of rotatable bonds is 2. The van der Waals surface area contributed by atoms with Crippen molar-refractivity contribution in [2.24, 2.45) is 0 Å². The fraction of sp³-hybridized carbons (Fsp3) is 0.500. The Kier molecular flexibility index (Phi) is 3.46. The quantitative estimate of drug-likeness (QED) is 0.793. The van der Waals surface area contributed by atoms with Crippen LogP contribution in [0.2, 0.25) is 0 Å². The molecule has 1 aromatic heterocycles. The summed E-state index contributed by atoms with van der Waals surface area (Å²) in [4.78, 5) is 18.0. The number of hydrogen-bond acceptors (Lipinski definition) is 4. The molecular formula is C12H18N4O. The van der Waals surface area contributed by atoms with E-state index in [4.69, 9.17) is 5.73 Å². The van der Waals surface area contributed by atoms with Crippen LogP contribution in [0.4, 0.5) is 11.4 Å². The number of carbonyl (C=O) groups is 1. The van der Waals surface area contributed by atoms with Gasteiger partial charge in [-0.1, -0.05) is 0 Å². The van der Waals surface area contributed by atoms with E-state index in [2.05, 4.69) is 15.2 Å². The molecule has 2 rings (SSSR count). The number of nitrogens with zero attached hydrogens (tertiary/aromatic N) is 2. The van der Waals surface area contributed by atoms with Gasteiger partial charge < -0.3 is 16.0 Å². The van der Waals surface area contributed by atoms with E-state index in [-0.39, 0.29) is 11.9 Å². The average molecular weight is 234 g/mol. The molecule has 1 aliphatic rings. The Labute approximate surface area is 101 Å². The number of likely N-dealkylation sites (N-methyl/N-ethyl adjacent to an activating group) is 1. The first kappa shape index (κ1) is 11.7. The van der Waals surface area contributed by atoms with Crippen molar-refractivity contribution in [3.05, 3.63) is 18.5 Å². The minimum atomic E-state index is -0.0997. The Morgan fingerprint density at radius 3 is 3.06 bits per heavy atom. The molecule has 0 aromatic carbocycles. The molecule has 0 saturated carbocycles. The lowest BCUT2D eigenvalue weighted by atomic mass is 10.0. The highest BCUT2D eigenvalue weighted by atomic mass is 16.2. The van der Waals surface area contributed by atoms with Gasteiger partial charge in [0.1, 0.15) is 6.04 Å². The van der Waals surface area contributed by atoms with E-state index in [1.54, 1.807) is 19.4 Å². The molecule has 1 aliphatic heterocycles. The van der Waals surface area contributed by atoms with Gasteiger partial charge in [0.15, 0.2) is 0 Å². The third-order valence-electron chi connectivity index (χ3n) is 3.13. The third kappa shape index (κ3) is 2.49. The normalized spacial score (nSPS) is 20.1. The maximum absolute atomic E-state index is 11.8. The number of nitrogens with two attached hydrogens (primary N) is 1. The summed E-state index contributed by atoms with van der Waals surface area (Å²) in [5.41, 5.74) is 7.29. The first-order valence-electron chi connectivity index (χ1n) is 5.91. The summed E-state index contributed by atoms with van der Waals surface area (Å²) >= 11 is 0. The van der Waals surface area contributed by atoms with Crippen LogP contribution in [-0.2, 0) is 4.79 Å². The van der Waals surface area contributed by atoms with Crippen LogP contribution in [0.5, 0.6) is 0 Å². The third-order valence-corrected chi connectivity index (χ3v) is 3.13. The van der Waals surface area contributed by atoms with Crippen molar-refractivity contribution in [2.45, 2.75) is 25.3 Å². The fourth-order valence-electron chi connectivity index (χ4n) is 2.28. The Morgan fingerprint density at radius 2 is 2.35 bits per heavy atom. The Morgan fingerprint density at radius 1 is 1.53 bits per heavy atom. The SMILES string of the molecule is CNC(=O)C1CCCCN1c1cncc(N)c1. The van der Waals surface area contributed by atoms with Crippen LogP contribution in [0.25, 0.3) is 0 Å². The number of aromatic nitrogens is 1. The maximum atomic E-state index is 11.8. The molecule has 0 aliphatic carbocycles. The zero-order valence-corrected chi connectivity index (χ0v) is 10.0. The van der Waals surface area contributed by atoms with Crippen LogP contribution in [0, 0.1) is 0 Å². The molecule has 5 heteroatoms.